The Labute approximate surface area is 133 Å². The minimum atomic E-state index is -0.315. The van der Waals surface area contributed by atoms with E-state index in [9.17, 15) is 14.4 Å². The number of aryl methyl sites for hydroxylation is 1. The molecule has 0 fully saturated rings. The van der Waals surface area contributed by atoms with Crippen LogP contribution < -0.4 is 10.6 Å². The molecule has 0 saturated carbocycles. The van der Waals surface area contributed by atoms with E-state index in [1.807, 2.05) is 0 Å². The Morgan fingerprint density at radius 1 is 1.04 bits per heavy atom. The Hall–Kier alpha value is -2.89. The first kappa shape index (κ1) is 15.0. The molecule has 118 valence electrons. The van der Waals surface area contributed by atoms with E-state index in [4.69, 9.17) is 0 Å². The summed E-state index contributed by atoms with van der Waals surface area (Å²) in [7, 11) is 0. The van der Waals surface area contributed by atoms with Crippen molar-refractivity contribution >= 4 is 29.0 Å². The third-order valence-corrected chi connectivity index (χ3v) is 3.78. The average molecular weight is 311 g/mol. The van der Waals surface area contributed by atoms with Gasteiger partial charge < -0.3 is 15.6 Å². The van der Waals surface area contributed by atoms with Crippen LogP contribution in [0, 0.1) is 0 Å². The van der Waals surface area contributed by atoms with Gasteiger partial charge >= 0.3 is 0 Å². The summed E-state index contributed by atoms with van der Waals surface area (Å²) in [5.41, 5.74) is 3.00. The Balaban J connectivity index is 1.76. The zero-order valence-corrected chi connectivity index (χ0v) is 12.7. The van der Waals surface area contributed by atoms with Crippen LogP contribution in [0.3, 0.4) is 0 Å². The third kappa shape index (κ3) is 3.15. The smallest absolute Gasteiger partial charge is 0.257 e. The average Bonchev–Trinajstić information content (AvgIpc) is 2.94. The van der Waals surface area contributed by atoms with Crippen molar-refractivity contribution in [2.75, 3.05) is 10.6 Å². The van der Waals surface area contributed by atoms with Crippen molar-refractivity contribution < 1.29 is 14.4 Å². The summed E-state index contributed by atoms with van der Waals surface area (Å²) in [6.45, 7) is 1.43. The molecule has 0 saturated heterocycles. The minimum Gasteiger partial charge on any atom is -0.364 e. The standard InChI is InChI=1S/C17H17N3O3/c1-10(21)19-11-5-7-12(8-6-11)20-17(23)13-9-18-14-3-2-4-15(22)16(13)14/h5-9,18H,2-4H2,1H3,(H,19,21)(H,20,23). The molecule has 3 N–H and O–H groups in total. The Kier molecular flexibility index (Phi) is 3.97. The van der Waals surface area contributed by atoms with Crippen LogP contribution in [0.25, 0.3) is 0 Å². The maximum Gasteiger partial charge on any atom is 0.257 e. The first-order valence-corrected chi connectivity index (χ1v) is 7.47. The summed E-state index contributed by atoms with van der Waals surface area (Å²) in [5.74, 6) is -0.456. The number of nitrogens with one attached hydrogen (secondary N) is 3. The van der Waals surface area contributed by atoms with E-state index < -0.39 is 0 Å². The minimum absolute atomic E-state index is 0.0126. The van der Waals surface area contributed by atoms with Gasteiger partial charge in [-0.05, 0) is 37.1 Å². The molecular weight excluding hydrogens is 294 g/mol. The van der Waals surface area contributed by atoms with Crippen molar-refractivity contribution in [1.29, 1.82) is 0 Å². The number of anilines is 2. The number of carbonyl (C=O) groups excluding carboxylic acids is 3. The molecule has 0 atom stereocenters. The predicted molar refractivity (Wildman–Crippen MR) is 86.8 cm³/mol. The van der Waals surface area contributed by atoms with Gasteiger partial charge in [-0.1, -0.05) is 0 Å². The number of amides is 2. The van der Waals surface area contributed by atoms with Crippen LogP contribution in [-0.4, -0.2) is 22.6 Å². The summed E-state index contributed by atoms with van der Waals surface area (Å²) in [6.07, 6.45) is 3.68. The van der Waals surface area contributed by atoms with Crippen LogP contribution >= 0.6 is 0 Å². The number of aromatic nitrogens is 1. The fourth-order valence-electron chi connectivity index (χ4n) is 2.75. The van der Waals surface area contributed by atoms with E-state index in [0.29, 0.717) is 28.9 Å². The molecule has 0 unspecified atom stereocenters. The topological polar surface area (TPSA) is 91.1 Å². The zero-order chi connectivity index (χ0) is 16.4. The maximum absolute atomic E-state index is 12.4. The number of benzene rings is 1. The lowest BCUT2D eigenvalue weighted by Crippen LogP contribution is -2.18. The number of H-pyrrole nitrogens is 1. The monoisotopic (exact) mass is 311 g/mol. The second-order valence-corrected chi connectivity index (χ2v) is 5.55. The molecule has 0 spiro atoms. The number of aromatic amines is 1. The van der Waals surface area contributed by atoms with Crippen LogP contribution in [0.5, 0.6) is 0 Å². The highest BCUT2D eigenvalue weighted by molar-refractivity contribution is 6.13. The molecule has 0 radical (unpaired) electrons. The van der Waals surface area contributed by atoms with Crippen molar-refractivity contribution in [2.24, 2.45) is 0 Å². The SMILES string of the molecule is CC(=O)Nc1ccc(NC(=O)c2c[nH]c3c2C(=O)CCC3)cc1. The fourth-order valence-corrected chi connectivity index (χ4v) is 2.75. The van der Waals surface area contributed by atoms with Gasteiger partial charge in [0.2, 0.25) is 5.91 Å². The summed E-state index contributed by atoms with van der Waals surface area (Å²) >= 11 is 0. The van der Waals surface area contributed by atoms with E-state index in [1.54, 1.807) is 30.5 Å². The number of carbonyl (C=O) groups is 3. The predicted octanol–water partition coefficient (Wildman–Crippen LogP) is 2.74. The highest BCUT2D eigenvalue weighted by atomic mass is 16.2. The molecule has 1 heterocycles. The number of hydrogen-bond donors (Lipinski definition) is 3. The Morgan fingerprint density at radius 2 is 1.70 bits per heavy atom. The van der Waals surface area contributed by atoms with E-state index in [1.165, 1.54) is 6.92 Å². The number of Topliss-reactive ketones (excluding diaryl/α,β-unsaturated/α-hetero) is 1. The fraction of sp³-hybridized carbons (Fsp3) is 0.235. The van der Waals surface area contributed by atoms with Crippen LogP contribution in [0.1, 0.15) is 46.2 Å². The van der Waals surface area contributed by atoms with Crippen LogP contribution in [0.4, 0.5) is 11.4 Å². The van der Waals surface area contributed by atoms with Gasteiger partial charge in [0.15, 0.2) is 5.78 Å². The molecule has 6 nitrogen and oxygen atoms in total. The molecule has 6 heteroatoms. The van der Waals surface area contributed by atoms with E-state index in [2.05, 4.69) is 15.6 Å². The molecule has 1 aliphatic rings. The highest BCUT2D eigenvalue weighted by Gasteiger charge is 2.25. The number of hydrogen-bond acceptors (Lipinski definition) is 3. The second kappa shape index (κ2) is 6.08. The molecule has 23 heavy (non-hydrogen) atoms. The highest BCUT2D eigenvalue weighted by Crippen LogP contribution is 2.25. The molecular formula is C17H17N3O3. The second-order valence-electron chi connectivity index (χ2n) is 5.55. The van der Waals surface area contributed by atoms with Crippen LogP contribution in [0.15, 0.2) is 30.5 Å². The molecule has 2 amide bonds. The number of rotatable bonds is 3. The van der Waals surface area contributed by atoms with E-state index >= 15 is 0 Å². The maximum atomic E-state index is 12.4. The zero-order valence-electron chi connectivity index (χ0n) is 12.7. The van der Waals surface area contributed by atoms with Gasteiger partial charge in [-0.2, -0.15) is 0 Å². The van der Waals surface area contributed by atoms with Gasteiger partial charge in [0.25, 0.3) is 5.91 Å². The Bertz CT molecular complexity index is 775. The van der Waals surface area contributed by atoms with Crippen molar-refractivity contribution in [3.8, 4) is 0 Å². The van der Waals surface area contributed by atoms with Crippen molar-refractivity contribution in [3.63, 3.8) is 0 Å². The lowest BCUT2D eigenvalue weighted by Gasteiger charge is -2.12. The van der Waals surface area contributed by atoms with Crippen LogP contribution in [-0.2, 0) is 11.2 Å². The molecule has 1 aromatic carbocycles. The molecule has 1 aliphatic carbocycles. The van der Waals surface area contributed by atoms with Crippen molar-refractivity contribution in [3.05, 3.63) is 47.3 Å². The summed E-state index contributed by atoms with van der Waals surface area (Å²) < 4.78 is 0. The molecule has 3 rings (SSSR count). The van der Waals surface area contributed by atoms with Gasteiger partial charge in [0, 0.05) is 36.6 Å². The van der Waals surface area contributed by atoms with E-state index in [0.717, 1.165) is 18.5 Å². The van der Waals surface area contributed by atoms with Crippen molar-refractivity contribution in [2.45, 2.75) is 26.2 Å². The number of ketones is 1. The lowest BCUT2D eigenvalue weighted by molar-refractivity contribution is -0.114. The van der Waals surface area contributed by atoms with Gasteiger partial charge in [0.05, 0.1) is 11.1 Å². The van der Waals surface area contributed by atoms with Gasteiger partial charge in [-0.15, -0.1) is 0 Å². The van der Waals surface area contributed by atoms with Crippen LogP contribution in [0.2, 0.25) is 0 Å². The van der Waals surface area contributed by atoms with Gasteiger partial charge in [-0.3, -0.25) is 14.4 Å². The third-order valence-electron chi connectivity index (χ3n) is 3.78. The van der Waals surface area contributed by atoms with Gasteiger partial charge in [0.1, 0.15) is 0 Å². The lowest BCUT2D eigenvalue weighted by atomic mass is 9.93. The Morgan fingerprint density at radius 3 is 2.35 bits per heavy atom. The summed E-state index contributed by atoms with van der Waals surface area (Å²) in [4.78, 5) is 38.4. The molecule has 0 aliphatic heterocycles. The van der Waals surface area contributed by atoms with Crippen molar-refractivity contribution in [1.82, 2.24) is 4.98 Å². The quantitative estimate of drug-likeness (QED) is 0.814. The molecule has 2 aromatic rings. The van der Waals surface area contributed by atoms with Gasteiger partial charge in [-0.25, -0.2) is 0 Å². The molecule has 0 bridgehead atoms. The normalized spacial score (nSPS) is 13.3. The molecule has 1 aromatic heterocycles. The number of fused-ring (bicyclic) bond motifs is 1. The largest absolute Gasteiger partial charge is 0.364 e. The first-order chi connectivity index (χ1) is 11.0. The summed E-state index contributed by atoms with van der Waals surface area (Å²) in [5, 5.41) is 5.43. The summed E-state index contributed by atoms with van der Waals surface area (Å²) in [6, 6.07) is 6.80. The van der Waals surface area contributed by atoms with E-state index in [-0.39, 0.29) is 17.6 Å². The first-order valence-electron chi connectivity index (χ1n) is 7.47.